The van der Waals surface area contributed by atoms with Crippen LogP contribution >= 0.6 is 35.1 Å². The fourth-order valence-electron chi connectivity index (χ4n) is 2.96. The fraction of sp³-hybridized carbons (Fsp3) is 0.0455. The van der Waals surface area contributed by atoms with E-state index in [0.29, 0.717) is 26.1 Å². The molecule has 0 atom stereocenters. The van der Waals surface area contributed by atoms with Gasteiger partial charge in [-0.1, -0.05) is 35.5 Å². The minimum Gasteiger partial charge on any atom is -0.450 e. The van der Waals surface area contributed by atoms with Crippen molar-refractivity contribution in [3.8, 4) is 0 Å². The Balaban J connectivity index is 1.33. The van der Waals surface area contributed by atoms with Gasteiger partial charge in [0.2, 0.25) is 5.17 Å². The Labute approximate surface area is 196 Å². The first-order valence-corrected chi connectivity index (χ1v) is 11.6. The van der Waals surface area contributed by atoms with Crippen molar-refractivity contribution in [2.45, 2.75) is 10.8 Å². The third-order valence-corrected chi connectivity index (χ3v) is 6.74. The van der Waals surface area contributed by atoms with Crippen molar-refractivity contribution in [3.63, 3.8) is 0 Å². The molecule has 10 heteroatoms. The molecule has 32 heavy (non-hydrogen) atoms. The lowest BCUT2D eigenvalue weighted by molar-refractivity contribution is -0.114. The van der Waals surface area contributed by atoms with E-state index < -0.39 is 5.91 Å². The van der Waals surface area contributed by atoms with E-state index in [9.17, 15) is 4.79 Å². The van der Waals surface area contributed by atoms with Gasteiger partial charge in [-0.25, -0.2) is 0 Å². The molecule has 0 unspecified atom stereocenters. The van der Waals surface area contributed by atoms with Gasteiger partial charge in [0, 0.05) is 28.7 Å². The molecule has 0 spiro atoms. The molecule has 0 bridgehead atoms. The number of aliphatic imine (C=N–C) groups is 1. The first-order valence-electron chi connectivity index (χ1n) is 9.44. The predicted octanol–water partition coefficient (Wildman–Crippen LogP) is 5.29. The van der Waals surface area contributed by atoms with Gasteiger partial charge in [-0.2, -0.15) is 15.1 Å². The van der Waals surface area contributed by atoms with Crippen molar-refractivity contribution in [3.05, 3.63) is 88.4 Å². The fourth-order valence-corrected chi connectivity index (χ4v) is 4.79. The van der Waals surface area contributed by atoms with Gasteiger partial charge in [-0.3, -0.25) is 15.2 Å². The lowest BCUT2D eigenvalue weighted by Gasteiger charge is -2.19. The third kappa shape index (κ3) is 4.27. The molecular weight excluding hydrogens is 466 g/mol. The van der Waals surface area contributed by atoms with Gasteiger partial charge in [-0.15, -0.1) is 0 Å². The van der Waals surface area contributed by atoms with Gasteiger partial charge >= 0.3 is 0 Å². The quantitative estimate of drug-likeness (QED) is 0.394. The predicted molar refractivity (Wildman–Crippen MR) is 128 cm³/mol. The summed E-state index contributed by atoms with van der Waals surface area (Å²) in [5, 5.41) is 16.7. The third-order valence-electron chi connectivity index (χ3n) is 4.55. The van der Waals surface area contributed by atoms with E-state index in [2.05, 4.69) is 15.1 Å². The van der Waals surface area contributed by atoms with Crippen LogP contribution in [0.4, 0.5) is 0 Å². The summed E-state index contributed by atoms with van der Waals surface area (Å²) in [6, 6.07) is 14.9. The Hall–Kier alpha value is -3.14. The Bertz CT molecular complexity index is 1300. The number of nitrogens with one attached hydrogen (secondary N) is 1. The number of pyridine rings is 1. The number of amidine groups is 2. The van der Waals surface area contributed by atoms with Crippen LogP contribution in [0.2, 0.25) is 5.02 Å². The van der Waals surface area contributed by atoms with E-state index in [1.165, 1.54) is 34.6 Å². The maximum atomic E-state index is 12.6. The molecule has 0 fully saturated rings. The van der Waals surface area contributed by atoms with Gasteiger partial charge < -0.3 is 4.42 Å². The lowest BCUT2D eigenvalue weighted by Crippen LogP contribution is -2.35. The van der Waals surface area contributed by atoms with E-state index in [1.54, 1.807) is 24.5 Å². The van der Waals surface area contributed by atoms with Crippen molar-refractivity contribution < 1.29 is 9.21 Å². The topological polar surface area (TPSA) is 94.9 Å². The van der Waals surface area contributed by atoms with Crippen molar-refractivity contribution in [2.24, 2.45) is 10.1 Å². The number of hydrogen-bond donors (Lipinski definition) is 1. The zero-order valence-electron chi connectivity index (χ0n) is 16.4. The summed E-state index contributed by atoms with van der Waals surface area (Å²) in [5.41, 5.74) is 2.04. The molecule has 0 radical (unpaired) electrons. The number of carbonyl (C=O) groups excluding carboxylic acids is 1. The first kappa shape index (κ1) is 20.7. The summed E-state index contributed by atoms with van der Waals surface area (Å²) in [5.74, 6) is 0.653. The minimum atomic E-state index is -0.497. The Morgan fingerprint density at radius 3 is 2.81 bits per heavy atom. The second-order valence-corrected chi connectivity index (χ2v) is 9.11. The molecule has 1 amide bonds. The number of hydrogen-bond acceptors (Lipinski definition) is 7. The molecule has 5 rings (SSSR count). The van der Waals surface area contributed by atoms with Gasteiger partial charge in [0.25, 0.3) is 5.91 Å². The number of carbonyl (C=O) groups is 1. The highest BCUT2D eigenvalue weighted by atomic mass is 35.5. The van der Waals surface area contributed by atoms with Gasteiger partial charge in [-0.05, 0) is 59.8 Å². The number of aromatic nitrogens is 1. The number of rotatable bonds is 5. The summed E-state index contributed by atoms with van der Waals surface area (Å²) < 4.78 is 5.83. The van der Waals surface area contributed by atoms with Crippen LogP contribution in [0.3, 0.4) is 0 Å². The number of nitrogens with zero attached hydrogens (tertiary/aromatic N) is 4. The molecule has 2 aliphatic rings. The first-order chi connectivity index (χ1) is 15.6. The zero-order chi connectivity index (χ0) is 22.1. The molecule has 0 saturated carbocycles. The molecule has 2 aromatic heterocycles. The standard InChI is InChI=1S/C22H14ClN5O2S2/c23-15-5-3-13(4-6-15)12-31-18-8-7-16(30-18)10-17-19(24)28-22(26-20(17)29)32-21(27-28)14-2-1-9-25-11-14/h1-11,24H,12H2/b17-10+,24-19?. The molecule has 1 aromatic carbocycles. The number of furan rings is 1. The van der Waals surface area contributed by atoms with Crippen molar-refractivity contribution in [2.75, 3.05) is 0 Å². The Morgan fingerprint density at radius 1 is 1.19 bits per heavy atom. The van der Waals surface area contributed by atoms with E-state index in [4.69, 9.17) is 21.4 Å². The molecule has 0 saturated heterocycles. The minimum absolute atomic E-state index is 0.0434. The van der Waals surface area contributed by atoms with Crippen molar-refractivity contribution in [1.29, 1.82) is 5.41 Å². The average Bonchev–Trinajstić information content (AvgIpc) is 3.44. The highest BCUT2D eigenvalue weighted by Crippen LogP contribution is 2.31. The molecule has 0 aliphatic carbocycles. The molecule has 158 valence electrons. The number of halogens is 1. The molecule has 3 aromatic rings. The zero-order valence-corrected chi connectivity index (χ0v) is 18.7. The summed E-state index contributed by atoms with van der Waals surface area (Å²) >= 11 is 8.69. The van der Waals surface area contributed by atoms with Crippen LogP contribution in [0.5, 0.6) is 0 Å². The van der Waals surface area contributed by atoms with Crippen LogP contribution in [-0.2, 0) is 10.5 Å². The van der Waals surface area contributed by atoms with Crippen LogP contribution in [0.25, 0.3) is 6.08 Å². The SMILES string of the molecule is N=C1/C(=C\c2ccc(SCc3ccc(Cl)cc3)o2)C(=O)N=C2SC(c3cccnc3)=NN12. The molecule has 2 aliphatic heterocycles. The maximum Gasteiger partial charge on any atom is 0.283 e. The summed E-state index contributed by atoms with van der Waals surface area (Å²) in [4.78, 5) is 20.8. The number of amides is 1. The highest BCUT2D eigenvalue weighted by molar-refractivity contribution is 8.27. The smallest absolute Gasteiger partial charge is 0.283 e. The summed E-state index contributed by atoms with van der Waals surface area (Å²) in [6.07, 6.45) is 4.88. The van der Waals surface area contributed by atoms with Crippen molar-refractivity contribution >= 4 is 63.2 Å². The van der Waals surface area contributed by atoms with Gasteiger partial charge in [0.05, 0.1) is 5.57 Å². The number of fused-ring (bicyclic) bond motifs is 1. The molecule has 4 heterocycles. The summed E-state index contributed by atoms with van der Waals surface area (Å²) in [7, 11) is 0. The van der Waals surface area contributed by atoms with Crippen LogP contribution in [0.1, 0.15) is 16.9 Å². The van der Waals surface area contributed by atoms with Crippen LogP contribution in [-0.4, -0.2) is 31.9 Å². The number of hydrazone groups is 1. The molecule has 1 N–H and O–H groups in total. The largest absolute Gasteiger partial charge is 0.450 e. The van der Waals surface area contributed by atoms with Crippen LogP contribution in [0.15, 0.2) is 86.1 Å². The van der Waals surface area contributed by atoms with Gasteiger partial charge in [0.15, 0.2) is 10.9 Å². The highest BCUT2D eigenvalue weighted by Gasteiger charge is 2.36. The van der Waals surface area contributed by atoms with E-state index in [0.717, 1.165) is 16.9 Å². The maximum absolute atomic E-state index is 12.6. The Morgan fingerprint density at radius 2 is 2.03 bits per heavy atom. The average molecular weight is 480 g/mol. The Kier molecular flexibility index (Phi) is 5.69. The van der Waals surface area contributed by atoms with Crippen molar-refractivity contribution in [1.82, 2.24) is 9.99 Å². The van der Waals surface area contributed by atoms with E-state index in [-0.39, 0.29) is 11.4 Å². The second kappa shape index (κ2) is 8.78. The van der Waals surface area contributed by atoms with E-state index >= 15 is 0 Å². The number of benzene rings is 1. The molecular formula is C22H14ClN5O2S2. The summed E-state index contributed by atoms with van der Waals surface area (Å²) in [6.45, 7) is 0. The normalized spacial score (nSPS) is 16.9. The van der Waals surface area contributed by atoms with Crippen LogP contribution in [0, 0.1) is 5.41 Å². The van der Waals surface area contributed by atoms with E-state index in [1.807, 2.05) is 36.4 Å². The van der Waals surface area contributed by atoms with Gasteiger partial charge in [0.1, 0.15) is 10.8 Å². The monoisotopic (exact) mass is 479 g/mol. The second-order valence-electron chi connectivity index (χ2n) is 6.74. The molecule has 7 nitrogen and oxygen atoms in total. The van der Waals surface area contributed by atoms with Crippen LogP contribution < -0.4 is 0 Å². The lowest BCUT2D eigenvalue weighted by atomic mass is 10.1. The number of thioether (sulfide) groups is 2.